The van der Waals surface area contributed by atoms with E-state index >= 15 is 0 Å². The lowest BCUT2D eigenvalue weighted by Gasteiger charge is -2.14. The van der Waals surface area contributed by atoms with Crippen LogP contribution in [0, 0.1) is 0 Å². The molecule has 2 heterocycles. The van der Waals surface area contributed by atoms with Crippen LogP contribution in [0.3, 0.4) is 0 Å². The van der Waals surface area contributed by atoms with E-state index in [1.807, 2.05) is 12.1 Å². The standard InChI is InChI=1S/C10H13N3O3S/c1-7(17(11,15)16)10(14)8-6-13-5-3-2-4-9(13)12-8/h2-7,10,14H,1H3,(H2,11,15,16)/t7-,10+/m0/s1. The van der Waals surface area contributed by atoms with Crippen LogP contribution >= 0.6 is 0 Å². The number of imidazole rings is 1. The maximum atomic E-state index is 11.1. The summed E-state index contributed by atoms with van der Waals surface area (Å²) in [5.41, 5.74) is 0.931. The lowest BCUT2D eigenvalue weighted by atomic mass is 10.2. The van der Waals surface area contributed by atoms with Gasteiger partial charge in [-0.15, -0.1) is 0 Å². The minimum Gasteiger partial charge on any atom is -0.385 e. The molecule has 92 valence electrons. The second-order valence-electron chi connectivity index (χ2n) is 3.87. The van der Waals surface area contributed by atoms with Crippen LogP contribution in [0.4, 0.5) is 0 Å². The first kappa shape index (κ1) is 12.0. The zero-order chi connectivity index (χ0) is 12.6. The monoisotopic (exact) mass is 255 g/mol. The molecule has 2 atom stereocenters. The minimum absolute atomic E-state index is 0.290. The quantitative estimate of drug-likeness (QED) is 0.809. The van der Waals surface area contributed by atoms with Crippen molar-refractivity contribution in [2.45, 2.75) is 18.3 Å². The van der Waals surface area contributed by atoms with Crippen molar-refractivity contribution in [2.24, 2.45) is 5.14 Å². The van der Waals surface area contributed by atoms with Crippen molar-refractivity contribution in [3.63, 3.8) is 0 Å². The zero-order valence-corrected chi connectivity index (χ0v) is 10.0. The third-order valence-electron chi connectivity index (χ3n) is 2.65. The van der Waals surface area contributed by atoms with Gasteiger partial charge >= 0.3 is 0 Å². The van der Waals surface area contributed by atoms with Crippen molar-refractivity contribution in [1.82, 2.24) is 9.38 Å². The molecule has 2 aromatic rings. The van der Waals surface area contributed by atoms with E-state index in [1.54, 1.807) is 22.9 Å². The molecular weight excluding hydrogens is 242 g/mol. The van der Waals surface area contributed by atoms with E-state index in [4.69, 9.17) is 5.14 Å². The number of primary sulfonamides is 1. The molecule has 2 aromatic heterocycles. The SMILES string of the molecule is C[C@@H]([C@@H](O)c1cn2ccccc2n1)S(N)(=O)=O. The highest BCUT2D eigenvalue weighted by Crippen LogP contribution is 2.20. The van der Waals surface area contributed by atoms with Gasteiger partial charge in [0.1, 0.15) is 17.0 Å². The van der Waals surface area contributed by atoms with E-state index in [1.165, 1.54) is 6.92 Å². The average molecular weight is 255 g/mol. The molecule has 0 unspecified atom stereocenters. The van der Waals surface area contributed by atoms with Gasteiger partial charge < -0.3 is 9.51 Å². The Morgan fingerprint density at radius 1 is 1.47 bits per heavy atom. The van der Waals surface area contributed by atoms with Gasteiger partial charge in [-0.3, -0.25) is 0 Å². The lowest BCUT2D eigenvalue weighted by molar-refractivity contribution is 0.172. The highest BCUT2D eigenvalue weighted by Gasteiger charge is 2.27. The molecule has 0 radical (unpaired) electrons. The predicted molar refractivity (Wildman–Crippen MR) is 62.7 cm³/mol. The van der Waals surface area contributed by atoms with Gasteiger partial charge in [0.2, 0.25) is 10.0 Å². The molecule has 0 fully saturated rings. The van der Waals surface area contributed by atoms with Crippen LogP contribution in [0.25, 0.3) is 5.65 Å². The van der Waals surface area contributed by atoms with Gasteiger partial charge in [-0.05, 0) is 19.1 Å². The Labute approximate surface area is 98.8 Å². The van der Waals surface area contributed by atoms with Gasteiger partial charge in [-0.25, -0.2) is 18.5 Å². The number of aliphatic hydroxyl groups is 1. The first-order chi connectivity index (χ1) is 7.89. The van der Waals surface area contributed by atoms with Crippen molar-refractivity contribution in [2.75, 3.05) is 0 Å². The Balaban J connectivity index is 2.40. The van der Waals surface area contributed by atoms with Gasteiger partial charge in [0.05, 0.1) is 5.69 Å². The Morgan fingerprint density at radius 2 is 2.18 bits per heavy atom. The molecule has 0 aromatic carbocycles. The molecule has 3 N–H and O–H groups in total. The van der Waals surface area contributed by atoms with Crippen molar-refractivity contribution in [3.05, 3.63) is 36.3 Å². The zero-order valence-electron chi connectivity index (χ0n) is 9.19. The van der Waals surface area contributed by atoms with Crippen molar-refractivity contribution >= 4 is 15.7 Å². The molecule has 0 saturated carbocycles. The second kappa shape index (κ2) is 4.10. The molecule has 0 aliphatic heterocycles. The molecule has 17 heavy (non-hydrogen) atoms. The summed E-state index contributed by atoms with van der Waals surface area (Å²) in [4.78, 5) is 4.14. The number of rotatable bonds is 3. The highest BCUT2D eigenvalue weighted by atomic mass is 32.2. The van der Waals surface area contributed by atoms with Crippen LogP contribution in [-0.2, 0) is 10.0 Å². The predicted octanol–water partition coefficient (Wildman–Crippen LogP) is 0.0447. The normalized spacial score (nSPS) is 15.9. The largest absolute Gasteiger partial charge is 0.385 e. The van der Waals surface area contributed by atoms with Crippen molar-refractivity contribution in [1.29, 1.82) is 0 Å². The Bertz CT molecular complexity index is 602. The highest BCUT2D eigenvalue weighted by molar-refractivity contribution is 7.89. The minimum atomic E-state index is -3.79. The summed E-state index contributed by atoms with van der Waals surface area (Å²) in [6.07, 6.45) is 2.12. The Morgan fingerprint density at radius 3 is 2.76 bits per heavy atom. The number of pyridine rings is 1. The van der Waals surface area contributed by atoms with Crippen LogP contribution in [0.1, 0.15) is 18.7 Å². The van der Waals surface area contributed by atoms with Gasteiger partial charge in [-0.1, -0.05) is 6.07 Å². The summed E-state index contributed by atoms with van der Waals surface area (Å²) >= 11 is 0. The van der Waals surface area contributed by atoms with Gasteiger partial charge in [0, 0.05) is 12.4 Å². The van der Waals surface area contributed by atoms with E-state index < -0.39 is 21.4 Å². The average Bonchev–Trinajstić information content (AvgIpc) is 2.69. The first-order valence-electron chi connectivity index (χ1n) is 5.03. The summed E-state index contributed by atoms with van der Waals surface area (Å²) < 4.78 is 24.0. The van der Waals surface area contributed by atoms with E-state index in [-0.39, 0.29) is 5.69 Å². The topological polar surface area (TPSA) is 97.7 Å². The van der Waals surface area contributed by atoms with E-state index in [9.17, 15) is 13.5 Å². The molecule has 6 nitrogen and oxygen atoms in total. The molecule has 0 aliphatic carbocycles. The van der Waals surface area contributed by atoms with Crippen molar-refractivity contribution < 1.29 is 13.5 Å². The number of hydrogen-bond donors (Lipinski definition) is 2. The molecular formula is C10H13N3O3S. The van der Waals surface area contributed by atoms with Crippen LogP contribution < -0.4 is 5.14 Å². The molecule has 0 amide bonds. The van der Waals surface area contributed by atoms with E-state index in [0.717, 1.165) is 0 Å². The smallest absolute Gasteiger partial charge is 0.214 e. The fourth-order valence-electron chi connectivity index (χ4n) is 1.52. The molecule has 0 aliphatic rings. The fourth-order valence-corrected chi connectivity index (χ4v) is 2.02. The number of sulfonamides is 1. The molecule has 0 spiro atoms. The molecule has 0 saturated heterocycles. The van der Waals surface area contributed by atoms with Crippen molar-refractivity contribution in [3.8, 4) is 0 Å². The number of aromatic nitrogens is 2. The Hall–Kier alpha value is -1.44. The van der Waals surface area contributed by atoms with Gasteiger partial charge in [-0.2, -0.15) is 0 Å². The second-order valence-corrected chi connectivity index (χ2v) is 5.79. The van der Waals surface area contributed by atoms with E-state index in [2.05, 4.69) is 4.98 Å². The number of hydrogen-bond acceptors (Lipinski definition) is 4. The molecule has 2 rings (SSSR count). The summed E-state index contributed by atoms with van der Waals surface area (Å²) in [5.74, 6) is 0. The molecule has 0 bridgehead atoms. The lowest BCUT2D eigenvalue weighted by Crippen LogP contribution is -2.31. The number of nitrogens with two attached hydrogens (primary N) is 1. The third-order valence-corrected chi connectivity index (χ3v) is 3.94. The van der Waals surface area contributed by atoms with Gasteiger partial charge in [0.25, 0.3) is 0 Å². The van der Waals surface area contributed by atoms with Crippen LogP contribution in [0.5, 0.6) is 0 Å². The third kappa shape index (κ3) is 2.31. The number of nitrogens with zero attached hydrogens (tertiary/aromatic N) is 2. The number of fused-ring (bicyclic) bond motifs is 1. The summed E-state index contributed by atoms with van der Waals surface area (Å²) in [6.45, 7) is 1.35. The van der Waals surface area contributed by atoms with Crippen LogP contribution in [0.2, 0.25) is 0 Å². The number of aliphatic hydroxyl groups excluding tert-OH is 1. The van der Waals surface area contributed by atoms with Gasteiger partial charge in [0.15, 0.2) is 0 Å². The fraction of sp³-hybridized carbons (Fsp3) is 0.300. The summed E-state index contributed by atoms with van der Waals surface area (Å²) in [7, 11) is -3.79. The first-order valence-corrected chi connectivity index (χ1v) is 6.64. The Kier molecular flexibility index (Phi) is 2.90. The maximum Gasteiger partial charge on any atom is 0.214 e. The summed E-state index contributed by atoms with van der Waals surface area (Å²) in [5, 5.41) is 13.8. The van der Waals surface area contributed by atoms with Crippen LogP contribution in [0.15, 0.2) is 30.6 Å². The van der Waals surface area contributed by atoms with E-state index in [0.29, 0.717) is 5.65 Å². The maximum absolute atomic E-state index is 11.1. The molecule has 7 heteroatoms. The summed E-state index contributed by atoms with van der Waals surface area (Å²) in [6, 6.07) is 5.38. The van der Waals surface area contributed by atoms with Crippen LogP contribution in [-0.4, -0.2) is 28.2 Å².